The fourth-order valence-corrected chi connectivity index (χ4v) is 2.27. The molecule has 2 aromatic heterocycles. The number of nitrogens with one attached hydrogen (secondary N) is 1. The number of fused-ring (bicyclic) bond motifs is 1. The molecule has 100 valence electrons. The van der Waals surface area contributed by atoms with Gasteiger partial charge in [0, 0.05) is 19.3 Å². The van der Waals surface area contributed by atoms with E-state index in [1.54, 1.807) is 0 Å². The molecule has 1 unspecified atom stereocenters. The van der Waals surface area contributed by atoms with Crippen molar-refractivity contribution < 1.29 is 14.3 Å². The van der Waals surface area contributed by atoms with E-state index in [0.717, 1.165) is 17.9 Å². The highest BCUT2D eigenvalue weighted by Gasteiger charge is 2.25. The number of morpholine rings is 1. The zero-order chi connectivity index (χ0) is 13.2. The molecule has 1 atom stereocenters. The number of pyridine rings is 1. The van der Waals surface area contributed by atoms with Crippen molar-refractivity contribution in [1.29, 1.82) is 0 Å². The Morgan fingerprint density at radius 3 is 3.21 bits per heavy atom. The van der Waals surface area contributed by atoms with Gasteiger partial charge in [0.1, 0.15) is 11.9 Å². The third-order valence-electron chi connectivity index (χ3n) is 3.17. The highest BCUT2D eigenvalue weighted by atomic mass is 16.5. The molecule has 0 amide bonds. The monoisotopic (exact) mass is 261 g/mol. The molecule has 6 heteroatoms. The lowest BCUT2D eigenvalue weighted by Gasteiger charge is -2.22. The highest BCUT2D eigenvalue weighted by molar-refractivity contribution is 5.95. The van der Waals surface area contributed by atoms with Crippen molar-refractivity contribution in [3.8, 4) is 0 Å². The van der Waals surface area contributed by atoms with E-state index >= 15 is 0 Å². The van der Waals surface area contributed by atoms with Crippen LogP contribution < -0.4 is 5.32 Å². The lowest BCUT2D eigenvalue weighted by Crippen LogP contribution is -2.34. The van der Waals surface area contributed by atoms with E-state index in [9.17, 15) is 4.79 Å². The van der Waals surface area contributed by atoms with Gasteiger partial charge < -0.3 is 19.2 Å². The van der Waals surface area contributed by atoms with Gasteiger partial charge in [-0.1, -0.05) is 6.07 Å². The van der Waals surface area contributed by atoms with Crippen LogP contribution in [0.1, 0.15) is 22.4 Å². The van der Waals surface area contributed by atoms with Crippen LogP contribution in [0.3, 0.4) is 0 Å². The quantitative estimate of drug-likeness (QED) is 0.809. The number of esters is 1. The number of carbonyl (C=O) groups is 1. The van der Waals surface area contributed by atoms with Crippen LogP contribution in [0.2, 0.25) is 0 Å². The molecule has 0 saturated carbocycles. The summed E-state index contributed by atoms with van der Waals surface area (Å²) in [6, 6.07) is 5.61. The lowest BCUT2D eigenvalue weighted by molar-refractivity contribution is 0.0217. The van der Waals surface area contributed by atoms with E-state index in [2.05, 4.69) is 10.3 Å². The molecule has 6 nitrogen and oxygen atoms in total. The number of ether oxygens (including phenoxy) is 2. The minimum absolute atomic E-state index is 0.151. The molecular weight excluding hydrogens is 246 g/mol. The lowest BCUT2D eigenvalue weighted by atomic mass is 10.3. The summed E-state index contributed by atoms with van der Waals surface area (Å²) in [4.78, 5) is 16.2. The summed E-state index contributed by atoms with van der Waals surface area (Å²) in [6.07, 6.45) is 1.73. The summed E-state index contributed by atoms with van der Waals surface area (Å²) in [5.41, 5.74) is 1.06. The fraction of sp³-hybridized carbons (Fsp3) is 0.385. The smallest absolute Gasteiger partial charge is 0.358 e. The van der Waals surface area contributed by atoms with Crippen LogP contribution in [0.5, 0.6) is 0 Å². The summed E-state index contributed by atoms with van der Waals surface area (Å²) in [7, 11) is 1.36. The van der Waals surface area contributed by atoms with E-state index in [-0.39, 0.29) is 6.10 Å². The first-order valence-electron chi connectivity index (χ1n) is 6.19. The van der Waals surface area contributed by atoms with Gasteiger partial charge in [0.25, 0.3) is 0 Å². The second-order valence-electron chi connectivity index (χ2n) is 4.33. The summed E-state index contributed by atoms with van der Waals surface area (Å²) >= 11 is 0. The maximum atomic E-state index is 11.8. The topological polar surface area (TPSA) is 64.9 Å². The van der Waals surface area contributed by atoms with Crippen LogP contribution >= 0.6 is 0 Å². The zero-order valence-corrected chi connectivity index (χ0v) is 10.6. The van der Waals surface area contributed by atoms with Gasteiger partial charge >= 0.3 is 5.97 Å². The van der Waals surface area contributed by atoms with E-state index < -0.39 is 5.97 Å². The van der Waals surface area contributed by atoms with Crippen molar-refractivity contribution in [2.75, 3.05) is 26.8 Å². The molecule has 1 aliphatic heterocycles. The average Bonchev–Trinajstić information content (AvgIpc) is 2.87. The molecule has 0 aromatic carbocycles. The van der Waals surface area contributed by atoms with Crippen LogP contribution in [0.4, 0.5) is 0 Å². The van der Waals surface area contributed by atoms with Gasteiger partial charge in [0.2, 0.25) is 0 Å². The van der Waals surface area contributed by atoms with Gasteiger partial charge in [-0.25, -0.2) is 9.78 Å². The highest BCUT2D eigenvalue weighted by Crippen LogP contribution is 2.22. The Hall–Kier alpha value is -1.92. The Labute approximate surface area is 110 Å². The number of nitrogens with zero attached hydrogens (tertiary/aromatic N) is 2. The maximum absolute atomic E-state index is 11.8. The number of hydrogen-bond donors (Lipinski definition) is 1. The van der Waals surface area contributed by atoms with Gasteiger partial charge in [-0.3, -0.25) is 0 Å². The van der Waals surface area contributed by atoms with Gasteiger partial charge in [-0.2, -0.15) is 0 Å². The number of rotatable bonds is 2. The van der Waals surface area contributed by atoms with Crippen molar-refractivity contribution in [3.63, 3.8) is 0 Å². The van der Waals surface area contributed by atoms with Crippen LogP contribution in [0, 0.1) is 0 Å². The molecule has 3 rings (SSSR count). The third kappa shape index (κ3) is 2.09. The molecule has 3 heterocycles. The number of methoxy groups -OCH3 is 1. The predicted molar refractivity (Wildman–Crippen MR) is 68.1 cm³/mol. The number of hydrogen-bond acceptors (Lipinski definition) is 5. The molecule has 0 spiro atoms. The van der Waals surface area contributed by atoms with Crippen molar-refractivity contribution in [2.45, 2.75) is 6.10 Å². The molecular formula is C13H15N3O3. The van der Waals surface area contributed by atoms with Crippen molar-refractivity contribution in [1.82, 2.24) is 14.7 Å². The van der Waals surface area contributed by atoms with Crippen LogP contribution in [-0.2, 0) is 9.47 Å². The molecule has 1 N–H and O–H groups in total. The fourth-order valence-electron chi connectivity index (χ4n) is 2.27. The van der Waals surface area contributed by atoms with Crippen molar-refractivity contribution in [2.24, 2.45) is 0 Å². The number of aromatic nitrogens is 2. The average molecular weight is 261 g/mol. The van der Waals surface area contributed by atoms with E-state index in [0.29, 0.717) is 18.8 Å². The summed E-state index contributed by atoms with van der Waals surface area (Å²) in [6.45, 7) is 2.16. The minimum atomic E-state index is -0.432. The van der Waals surface area contributed by atoms with Crippen LogP contribution in [0.15, 0.2) is 24.4 Å². The summed E-state index contributed by atoms with van der Waals surface area (Å²) in [5.74, 6) is 0.293. The molecule has 0 aliphatic carbocycles. The summed E-state index contributed by atoms with van der Waals surface area (Å²) < 4.78 is 12.4. The first kappa shape index (κ1) is 12.1. The second-order valence-corrected chi connectivity index (χ2v) is 4.33. The largest absolute Gasteiger partial charge is 0.464 e. The Balaban J connectivity index is 2.11. The third-order valence-corrected chi connectivity index (χ3v) is 3.17. The summed E-state index contributed by atoms with van der Waals surface area (Å²) in [5, 5.41) is 3.26. The first-order valence-corrected chi connectivity index (χ1v) is 6.19. The normalized spacial score (nSPS) is 19.5. The first-order chi connectivity index (χ1) is 9.31. The van der Waals surface area contributed by atoms with Crippen molar-refractivity contribution in [3.05, 3.63) is 35.9 Å². The zero-order valence-electron chi connectivity index (χ0n) is 10.6. The molecule has 2 aromatic rings. The molecule has 19 heavy (non-hydrogen) atoms. The maximum Gasteiger partial charge on any atom is 0.358 e. The van der Waals surface area contributed by atoms with Crippen LogP contribution in [-0.4, -0.2) is 42.2 Å². The van der Waals surface area contributed by atoms with E-state index in [4.69, 9.17) is 9.47 Å². The van der Waals surface area contributed by atoms with Gasteiger partial charge in [0.05, 0.1) is 19.2 Å². The second kappa shape index (κ2) is 4.99. The van der Waals surface area contributed by atoms with E-state index in [1.807, 2.05) is 28.8 Å². The SMILES string of the molecule is COC(=O)c1nc(C2CNCCO2)n2ccccc12. The van der Waals surface area contributed by atoms with Gasteiger partial charge in [0.15, 0.2) is 5.69 Å². The van der Waals surface area contributed by atoms with Crippen LogP contribution in [0.25, 0.3) is 5.52 Å². The van der Waals surface area contributed by atoms with Gasteiger partial charge in [-0.05, 0) is 12.1 Å². The molecule has 0 bridgehead atoms. The Bertz CT molecular complexity index is 602. The predicted octanol–water partition coefficient (Wildman–Crippen LogP) is 0.782. The number of imidazole rings is 1. The molecule has 1 aliphatic rings. The Morgan fingerprint density at radius 1 is 1.58 bits per heavy atom. The van der Waals surface area contributed by atoms with E-state index in [1.165, 1.54) is 7.11 Å². The standard InChI is InChI=1S/C13H15N3O3/c1-18-13(17)11-9-4-2-3-6-16(9)12(15-11)10-8-14-5-7-19-10/h2-4,6,10,14H,5,7-8H2,1H3. The Kier molecular flexibility index (Phi) is 3.18. The number of carbonyl (C=O) groups excluding carboxylic acids is 1. The molecule has 1 saturated heterocycles. The molecule has 1 fully saturated rings. The van der Waals surface area contributed by atoms with Crippen molar-refractivity contribution >= 4 is 11.5 Å². The Morgan fingerprint density at radius 2 is 2.47 bits per heavy atom. The molecule has 0 radical (unpaired) electrons. The van der Waals surface area contributed by atoms with Gasteiger partial charge in [-0.15, -0.1) is 0 Å². The minimum Gasteiger partial charge on any atom is -0.464 e.